The van der Waals surface area contributed by atoms with E-state index in [0.29, 0.717) is 0 Å². The summed E-state index contributed by atoms with van der Waals surface area (Å²) in [4.78, 5) is 12.1. The van der Waals surface area contributed by atoms with E-state index in [0.717, 1.165) is 42.4 Å². The van der Waals surface area contributed by atoms with Crippen molar-refractivity contribution in [3.05, 3.63) is 24.4 Å². The van der Waals surface area contributed by atoms with Gasteiger partial charge in [0.1, 0.15) is 0 Å². The molecule has 0 saturated carbocycles. The first-order valence-electron chi connectivity index (χ1n) is 6.31. The summed E-state index contributed by atoms with van der Waals surface area (Å²) in [6.07, 6.45) is 4.92. The largest absolute Gasteiger partial charge is 0.323 e. The van der Waals surface area contributed by atoms with Crippen molar-refractivity contribution in [3.8, 4) is 0 Å². The summed E-state index contributed by atoms with van der Waals surface area (Å²) in [5, 5.41) is 14.1. The second-order valence-corrected chi connectivity index (χ2v) is 4.63. The molecule has 6 heteroatoms. The molecule has 1 aliphatic rings. The summed E-state index contributed by atoms with van der Waals surface area (Å²) in [5.74, 6) is 0.0387. The van der Waals surface area contributed by atoms with Crippen LogP contribution in [-0.2, 0) is 4.79 Å². The monoisotopic (exact) mass is 280 g/mol. The van der Waals surface area contributed by atoms with Crippen LogP contribution in [0.5, 0.6) is 0 Å². The Bertz CT molecular complexity index is 563. The topological polar surface area (TPSA) is 69.8 Å². The van der Waals surface area contributed by atoms with E-state index >= 15 is 0 Å². The molecule has 19 heavy (non-hydrogen) atoms. The average molecular weight is 281 g/mol. The summed E-state index contributed by atoms with van der Waals surface area (Å²) in [6, 6.07) is 5.70. The molecule has 0 bridgehead atoms. The first kappa shape index (κ1) is 13.8. The second-order valence-electron chi connectivity index (χ2n) is 4.63. The molecule has 1 aromatic carbocycles. The van der Waals surface area contributed by atoms with Gasteiger partial charge >= 0.3 is 0 Å². The van der Waals surface area contributed by atoms with E-state index in [4.69, 9.17) is 0 Å². The number of rotatable bonds is 2. The van der Waals surface area contributed by atoms with Crippen molar-refractivity contribution < 1.29 is 4.79 Å². The van der Waals surface area contributed by atoms with Crippen molar-refractivity contribution in [1.82, 2.24) is 15.5 Å². The van der Waals surface area contributed by atoms with Crippen LogP contribution in [0.4, 0.5) is 5.69 Å². The quantitative estimate of drug-likeness (QED) is 0.789. The lowest BCUT2D eigenvalue weighted by molar-refractivity contribution is -0.118. The van der Waals surface area contributed by atoms with Gasteiger partial charge in [-0.2, -0.15) is 5.10 Å². The third kappa shape index (κ3) is 2.88. The Morgan fingerprint density at radius 2 is 2.26 bits per heavy atom. The smallest absolute Gasteiger partial charge is 0.241 e. The Hall–Kier alpha value is -1.59. The molecule has 3 rings (SSSR count). The zero-order valence-corrected chi connectivity index (χ0v) is 11.3. The number of benzene rings is 1. The van der Waals surface area contributed by atoms with Crippen LogP contribution in [0.25, 0.3) is 10.9 Å². The van der Waals surface area contributed by atoms with E-state index in [9.17, 15) is 4.79 Å². The molecule has 1 aromatic heterocycles. The number of fused-ring (bicyclic) bond motifs is 1. The van der Waals surface area contributed by atoms with Gasteiger partial charge in [0.2, 0.25) is 5.91 Å². The number of H-pyrrole nitrogens is 1. The number of anilines is 1. The first-order chi connectivity index (χ1) is 8.84. The predicted octanol–water partition coefficient (Wildman–Crippen LogP) is 2.07. The number of hydrogen-bond acceptors (Lipinski definition) is 3. The third-order valence-electron chi connectivity index (χ3n) is 3.36. The molecule has 2 heterocycles. The van der Waals surface area contributed by atoms with Gasteiger partial charge in [-0.05, 0) is 25.5 Å². The number of carbonyl (C=O) groups is 1. The maximum absolute atomic E-state index is 12.1. The summed E-state index contributed by atoms with van der Waals surface area (Å²) >= 11 is 0. The molecule has 0 radical (unpaired) electrons. The summed E-state index contributed by atoms with van der Waals surface area (Å²) in [7, 11) is 0. The van der Waals surface area contributed by atoms with Crippen LogP contribution in [0.15, 0.2) is 24.4 Å². The van der Waals surface area contributed by atoms with Crippen molar-refractivity contribution in [3.63, 3.8) is 0 Å². The lowest BCUT2D eigenvalue weighted by Crippen LogP contribution is -2.43. The van der Waals surface area contributed by atoms with Crippen LogP contribution < -0.4 is 10.6 Å². The molecular weight excluding hydrogens is 264 g/mol. The van der Waals surface area contributed by atoms with E-state index in [1.165, 1.54) is 0 Å². The van der Waals surface area contributed by atoms with Gasteiger partial charge in [-0.1, -0.05) is 18.6 Å². The molecule has 5 nitrogen and oxygen atoms in total. The number of aromatic amines is 1. The van der Waals surface area contributed by atoms with Gasteiger partial charge in [-0.15, -0.1) is 12.4 Å². The second kappa shape index (κ2) is 6.04. The van der Waals surface area contributed by atoms with Gasteiger partial charge in [0.25, 0.3) is 0 Å². The van der Waals surface area contributed by atoms with Gasteiger partial charge in [0.05, 0.1) is 23.4 Å². The standard InChI is InChI=1S/C13H16N4O.ClH/c18-13(11-5-1-2-7-14-11)16-10-6-3-4-9-8-15-17-12(9)10;/h3-4,6,8,11,14H,1-2,5,7H2,(H,15,17)(H,16,18);1H/t11-;/m0./s1. The van der Waals surface area contributed by atoms with Gasteiger partial charge in [-0.3, -0.25) is 9.89 Å². The number of carbonyl (C=O) groups excluding carboxylic acids is 1. The molecule has 0 spiro atoms. The SMILES string of the molecule is Cl.O=C(Nc1cccc2cn[nH]c12)[C@@H]1CCCCN1. The van der Waals surface area contributed by atoms with E-state index in [-0.39, 0.29) is 24.4 Å². The number of piperidine rings is 1. The van der Waals surface area contributed by atoms with Crippen LogP contribution in [0.1, 0.15) is 19.3 Å². The van der Waals surface area contributed by atoms with Crippen molar-refractivity contribution in [1.29, 1.82) is 0 Å². The van der Waals surface area contributed by atoms with Crippen molar-refractivity contribution in [2.45, 2.75) is 25.3 Å². The molecule has 102 valence electrons. The molecule has 1 amide bonds. The van der Waals surface area contributed by atoms with E-state index < -0.39 is 0 Å². The van der Waals surface area contributed by atoms with Gasteiger partial charge in [0.15, 0.2) is 0 Å². The van der Waals surface area contributed by atoms with Crippen LogP contribution in [0, 0.1) is 0 Å². The Morgan fingerprint density at radius 1 is 1.37 bits per heavy atom. The Morgan fingerprint density at radius 3 is 3.05 bits per heavy atom. The normalized spacial score (nSPS) is 18.8. The molecular formula is C13H17ClN4O. The Balaban J connectivity index is 0.00000133. The fourth-order valence-corrected chi connectivity index (χ4v) is 2.37. The minimum atomic E-state index is -0.0723. The number of amides is 1. The van der Waals surface area contributed by atoms with Crippen LogP contribution >= 0.6 is 12.4 Å². The number of nitrogens with one attached hydrogen (secondary N) is 3. The minimum Gasteiger partial charge on any atom is -0.323 e. The molecule has 1 atom stereocenters. The van der Waals surface area contributed by atoms with Gasteiger partial charge in [-0.25, -0.2) is 0 Å². The molecule has 1 saturated heterocycles. The highest BCUT2D eigenvalue weighted by Gasteiger charge is 2.20. The molecule has 3 N–H and O–H groups in total. The van der Waals surface area contributed by atoms with E-state index in [1.54, 1.807) is 6.20 Å². The highest BCUT2D eigenvalue weighted by molar-refractivity contribution is 6.02. The maximum Gasteiger partial charge on any atom is 0.241 e. The maximum atomic E-state index is 12.1. The summed E-state index contributed by atoms with van der Waals surface area (Å²) < 4.78 is 0. The van der Waals surface area contributed by atoms with Crippen molar-refractivity contribution in [2.75, 3.05) is 11.9 Å². The molecule has 0 unspecified atom stereocenters. The zero-order chi connectivity index (χ0) is 12.4. The first-order valence-corrected chi connectivity index (χ1v) is 6.31. The Labute approximate surface area is 117 Å². The highest BCUT2D eigenvalue weighted by atomic mass is 35.5. The molecule has 2 aromatic rings. The Kier molecular flexibility index (Phi) is 4.39. The fourth-order valence-electron chi connectivity index (χ4n) is 2.37. The average Bonchev–Trinajstić information content (AvgIpc) is 2.89. The number of nitrogens with zero attached hydrogens (tertiary/aromatic N) is 1. The number of aromatic nitrogens is 2. The van der Waals surface area contributed by atoms with Crippen LogP contribution in [0.2, 0.25) is 0 Å². The summed E-state index contributed by atoms with van der Waals surface area (Å²) in [5.41, 5.74) is 1.67. The van der Waals surface area contributed by atoms with Gasteiger partial charge < -0.3 is 10.6 Å². The predicted molar refractivity (Wildman–Crippen MR) is 77.6 cm³/mol. The zero-order valence-electron chi connectivity index (χ0n) is 10.5. The minimum absolute atomic E-state index is 0. The van der Waals surface area contributed by atoms with Crippen molar-refractivity contribution >= 4 is 34.9 Å². The molecule has 1 fully saturated rings. The van der Waals surface area contributed by atoms with Crippen molar-refractivity contribution in [2.24, 2.45) is 0 Å². The number of para-hydroxylation sites is 1. The number of hydrogen-bond donors (Lipinski definition) is 3. The van der Waals surface area contributed by atoms with E-state index in [2.05, 4.69) is 20.8 Å². The van der Waals surface area contributed by atoms with Crippen LogP contribution in [0.3, 0.4) is 0 Å². The lowest BCUT2D eigenvalue weighted by Gasteiger charge is -2.22. The molecule has 0 aliphatic carbocycles. The lowest BCUT2D eigenvalue weighted by atomic mass is 10.0. The molecule has 1 aliphatic heterocycles. The highest BCUT2D eigenvalue weighted by Crippen LogP contribution is 2.21. The van der Waals surface area contributed by atoms with Gasteiger partial charge in [0, 0.05) is 5.39 Å². The number of halogens is 1. The third-order valence-corrected chi connectivity index (χ3v) is 3.36. The van der Waals surface area contributed by atoms with E-state index in [1.807, 2.05) is 18.2 Å². The fraction of sp³-hybridized carbons (Fsp3) is 0.385. The van der Waals surface area contributed by atoms with Crippen LogP contribution in [-0.4, -0.2) is 28.7 Å². The summed E-state index contributed by atoms with van der Waals surface area (Å²) in [6.45, 7) is 0.923.